The highest BCUT2D eigenvalue weighted by molar-refractivity contribution is 5.43. The van der Waals surface area contributed by atoms with Crippen molar-refractivity contribution in [3.63, 3.8) is 0 Å². The number of hydrogen-bond donors (Lipinski definition) is 4. The van der Waals surface area contributed by atoms with Crippen LogP contribution in [-0.2, 0) is 9.53 Å². The highest BCUT2D eigenvalue weighted by atomic mass is 16.6. The number of carbonyl (C=O) groups is 1. The monoisotopic (exact) mass is 572 g/mol. The van der Waals surface area contributed by atoms with Gasteiger partial charge in [-0.2, -0.15) is 0 Å². The molecular weight excluding hydrogens is 528 g/mol. The Kier molecular flexibility index (Phi) is 16.5. The Balaban J connectivity index is 0.000000357. The van der Waals surface area contributed by atoms with Crippen molar-refractivity contribution in [2.75, 3.05) is 36.1 Å². The van der Waals surface area contributed by atoms with Crippen LogP contribution in [0.15, 0.2) is 109 Å². The molecule has 0 spiro atoms. The lowest BCUT2D eigenvalue weighted by Gasteiger charge is -2.17. The molecule has 8 heteroatoms. The zero-order chi connectivity index (χ0) is 31.3. The van der Waals surface area contributed by atoms with Crippen molar-refractivity contribution in [1.29, 1.82) is 0 Å². The molecule has 0 saturated carbocycles. The molecule has 0 heterocycles. The number of aryl methyl sites for hydroxylation is 2. The van der Waals surface area contributed by atoms with Gasteiger partial charge in [0.25, 0.3) is 6.47 Å². The van der Waals surface area contributed by atoms with Crippen LogP contribution in [-0.4, -0.2) is 25.8 Å². The number of benzene rings is 4. The standard InChI is InChI=1S/C16H18N2O4.2C7H9N.C4H8/c17-12-1-5-14(6-2-12)20-9-16(22-11-19)10-21-15-7-3-13(18)4-8-15;2*1-6-2-4-7(8)5-3-6;1-4(2)3/h1-8,11,16H,9-10,17-18H2;2*2-5H,8H2,1H3;1H2,2-3H3. The fourth-order valence-corrected chi connectivity index (χ4v) is 2.84. The largest absolute Gasteiger partial charge is 0.490 e. The van der Waals surface area contributed by atoms with Crippen molar-refractivity contribution >= 4 is 29.2 Å². The van der Waals surface area contributed by atoms with Gasteiger partial charge in [0.2, 0.25) is 0 Å². The molecular formula is C34H44N4O4. The van der Waals surface area contributed by atoms with Crippen molar-refractivity contribution in [3.05, 3.63) is 120 Å². The van der Waals surface area contributed by atoms with E-state index >= 15 is 0 Å². The maximum Gasteiger partial charge on any atom is 0.293 e. The zero-order valence-corrected chi connectivity index (χ0v) is 25.0. The van der Waals surface area contributed by atoms with Crippen LogP contribution in [0.5, 0.6) is 11.5 Å². The molecule has 0 amide bonds. The first-order chi connectivity index (χ1) is 20.0. The molecule has 0 aliphatic heterocycles. The summed E-state index contributed by atoms with van der Waals surface area (Å²) in [6.45, 7) is 12.3. The molecule has 8 N–H and O–H groups in total. The van der Waals surface area contributed by atoms with Crippen LogP contribution in [0.4, 0.5) is 22.7 Å². The summed E-state index contributed by atoms with van der Waals surface area (Å²) in [4.78, 5) is 10.6. The summed E-state index contributed by atoms with van der Waals surface area (Å²) in [5.74, 6) is 1.28. The molecule has 0 aliphatic carbocycles. The third-order valence-electron chi connectivity index (χ3n) is 5.03. The van der Waals surface area contributed by atoms with Crippen LogP contribution in [0.3, 0.4) is 0 Å². The second-order valence-electron chi connectivity index (χ2n) is 9.64. The molecule has 4 aromatic rings. The number of allylic oxidation sites excluding steroid dienone is 1. The summed E-state index contributed by atoms with van der Waals surface area (Å²) in [6.07, 6.45) is -0.521. The van der Waals surface area contributed by atoms with E-state index in [0.717, 1.165) is 11.4 Å². The molecule has 224 valence electrons. The highest BCUT2D eigenvalue weighted by Gasteiger charge is 2.12. The number of ether oxygens (including phenoxy) is 3. The fraction of sp³-hybridized carbons (Fsp3) is 0.206. The van der Waals surface area contributed by atoms with Gasteiger partial charge in [0.15, 0.2) is 6.10 Å². The van der Waals surface area contributed by atoms with E-state index in [9.17, 15) is 4.79 Å². The van der Waals surface area contributed by atoms with Gasteiger partial charge in [-0.1, -0.05) is 41.0 Å². The van der Waals surface area contributed by atoms with Crippen LogP contribution in [0.2, 0.25) is 0 Å². The van der Waals surface area contributed by atoms with Gasteiger partial charge in [-0.3, -0.25) is 4.79 Å². The smallest absolute Gasteiger partial charge is 0.293 e. The van der Waals surface area contributed by atoms with E-state index in [4.69, 9.17) is 37.1 Å². The second-order valence-corrected chi connectivity index (χ2v) is 9.64. The molecule has 0 saturated heterocycles. The molecule has 4 aromatic carbocycles. The first-order valence-corrected chi connectivity index (χ1v) is 13.3. The average molecular weight is 573 g/mol. The van der Waals surface area contributed by atoms with Crippen LogP contribution >= 0.6 is 0 Å². The molecule has 0 atom stereocenters. The zero-order valence-electron chi connectivity index (χ0n) is 25.0. The van der Waals surface area contributed by atoms with E-state index in [1.807, 2.05) is 76.2 Å². The lowest BCUT2D eigenvalue weighted by Crippen LogP contribution is -2.28. The van der Waals surface area contributed by atoms with Crippen LogP contribution in [0, 0.1) is 13.8 Å². The highest BCUT2D eigenvalue weighted by Crippen LogP contribution is 2.15. The Bertz CT molecular complexity index is 1150. The maximum absolute atomic E-state index is 10.6. The minimum Gasteiger partial charge on any atom is -0.490 e. The van der Waals surface area contributed by atoms with E-state index in [1.165, 1.54) is 16.7 Å². The minimum atomic E-state index is -0.521. The number of rotatable bonds is 8. The Morgan fingerprint density at radius 3 is 1.12 bits per heavy atom. The minimum absolute atomic E-state index is 0.178. The third-order valence-corrected chi connectivity index (χ3v) is 5.03. The number of anilines is 4. The molecule has 0 bridgehead atoms. The first-order valence-electron chi connectivity index (χ1n) is 13.3. The summed E-state index contributed by atoms with van der Waals surface area (Å²) in [5.41, 5.74) is 28.7. The summed E-state index contributed by atoms with van der Waals surface area (Å²) < 4.78 is 16.0. The maximum atomic E-state index is 10.6. The number of carbonyl (C=O) groups excluding carboxylic acids is 1. The summed E-state index contributed by atoms with van der Waals surface area (Å²) in [7, 11) is 0. The number of nitrogen functional groups attached to an aromatic ring is 4. The topological polar surface area (TPSA) is 149 Å². The van der Waals surface area contributed by atoms with Gasteiger partial charge in [0.1, 0.15) is 24.7 Å². The van der Waals surface area contributed by atoms with Gasteiger partial charge in [0, 0.05) is 22.7 Å². The Hall–Kier alpha value is -5.11. The average Bonchev–Trinajstić information content (AvgIpc) is 2.96. The molecule has 42 heavy (non-hydrogen) atoms. The molecule has 0 aliphatic rings. The van der Waals surface area contributed by atoms with Crippen LogP contribution in [0.25, 0.3) is 0 Å². The summed E-state index contributed by atoms with van der Waals surface area (Å²) in [5, 5.41) is 0. The van der Waals surface area contributed by atoms with E-state index in [0.29, 0.717) is 29.3 Å². The van der Waals surface area contributed by atoms with Crippen molar-refractivity contribution < 1.29 is 19.0 Å². The van der Waals surface area contributed by atoms with Crippen LogP contribution < -0.4 is 32.4 Å². The Morgan fingerprint density at radius 2 is 0.881 bits per heavy atom. The van der Waals surface area contributed by atoms with Crippen molar-refractivity contribution in [2.24, 2.45) is 0 Å². The quantitative estimate of drug-likeness (QED) is 0.105. The predicted molar refractivity (Wildman–Crippen MR) is 175 cm³/mol. The lowest BCUT2D eigenvalue weighted by atomic mass is 10.2. The van der Waals surface area contributed by atoms with Gasteiger partial charge in [-0.25, -0.2) is 0 Å². The van der Waals surface area contributed by atoms with Gasteiger partial charge < -0.3 is 37.1 Å². The number of nitrogens with two attached hydrogens (primary N) is 4. The number of hydrogen-bond acceptors (Lipinski definition) is 8. The van der Waals surface area contributed by atoms with E-state index < -0.39 is 6.10 Å². The molecule has 0 fully saturated rings. The van der Waals surface area contributed by atoms with Crippen molar-refractivity contribution in [3.8, 4) is 11.5 Å². The molecule has 0 aromatic heterocycles. The lowest BCUT2D eigenvalue weighted by molar-refractivity contribution is -0.136. The van der Waals surface area contributed by atoms with Gasteiger partial charge in [0.05, 0.1) is 0 Å². The predicted octanol–water partition coefficient (Wildman–Crippen LogP) is 6.59. The normalized spacial score (nSPS) is 9.45. The van der Waals surface area contributed by atoms with Crippen molar-refractivity contribution in [1.82, 2.24) is 0 Å². The molecule has 0 unspecified atom stereocenters. The fourth-order valence-electron chi connectivity index (χ4n) is 2.84. The van der Waals surface area contributed by atoms with Crippen LogP contribution in [0.1, 0.15) is 25.0 Å². The van der Waals surface area contributed by atoms with Crippen molar-refractivity contribution in [2.45, 2.75) is 33.8 Å². The van der Waals surface area contributed by atoms with Gasteiger partial charge >= 0.3 is 0 Å². The molecule has 4 rings (SSSR count). The Morgan fingerprint density at radius 1 is 0.619 bits per heavy atom. The van der Waals surface area contributed by atoms with E-state index in [1.54, 1.807) is 48.5 Å². The van der Waals surface area contributed by atoms with Gasteiger partial charge in [-0.05, 0) is 100 Å². The summed E-state index contributed by atoms with van der Waals surface area (Å²) in [6, 6.07) is 29.5. The SMILES string of the molecule is C=C(C)C.Cc1ccc(N)cc1.Cc1ccc(N)cc1.Nc1ccc(OCC(COc2ccc(N)cc2)OC=O)cc1. The summed E-state index contributed by atoms with van der Waals surface area (Å²) >= 11 is 0. The molecule has 0 radical (unpaired) electrons. The van der Waals surface area contributed by atoms with E-state index in [2.05, 4.69) is 6.58 Å². The first kappa shape index (κ1) is 34.9. The second kappa shape index (κ2) is 19.9. The van der Waals surface area contributed by atoms with E-state index in [-0.39, 0.29) is 13.2 Å². The third kappa shape index (κ3) is 17.5. The Labute approximate surface area is 249 Å². The van der Waals surface area contributed by atoms with Gasteiger partial charge in [-0.15, -0.1) is 6.58 Å². The molecule has 8 nitrogen and oxygen atoms in total.